The first-order valence-corrected chi connectivity index (χ1v) is 7.68. The van der Waals surface area contributed by atoms with Gasteiger partial charge in [-0.05, 0) is 12.5 Å². The van der Waals surface area contributed by atoms with E-state index in [1.807, 2.05) is 0 Å². The molecule has 0 atom stereocenters. The van der Waals surface area contributed by atoms with Crippen LogP contribution < -0.4 is 5.32 Å². The van der Waals surface area contributed by atoms with Gasteiger partial charge in [-0.25, -0.2) is 13.4 Å². The Morgan fingerprint density at radius 1 is 1.42 bits per heavy atom. The number of halogens is 4. The first-order valence-electron chi connectivity index (χ1n) is 5.24. The van der Waals surface area contributed by atoms with Gasteiger partial charge in [-0.1, -0.05) is 11.6 Å². The van der Waals surface area contributed by atoms with Gasteiger partial charge in [-0.15, -0.1) is 0 Å². The van der Waals surface area contributed by atoms with Gasteiger partial charge in [-0.2, -0.15) is 13.2 Å². The Morgan fingerprint density at radius 3 is 2.53 bits per heavy atom. The zero-order valence-corrected chi connectivity index (χ0v) is 11.5. The molecule has 0 aliphatic rings. The van der Waals surface area contributed by atoms with Crippen LogP contribution in [0.1, 0.15) is 12.0 Å². The summed E-state index contributed by atoms with van der Waals surface area (Å²) in [6.07, 6.45) is -2.40. The molecule has 0 saturated heterocycles. The van der Waals surface area contributed by atoms with Crippen molar-refractivity contribution in [3.05, 3.63) is 22.8 Å². The van der Waals surface area contributed by atoms with E-state index in [0.29, 0.717) is 12.6 Å². The van der Waals surface area contributed by atoms with Gasteiger partial charge >= 0.3 is 6.18 Å². The number of aromatic nitrogens is 1. The van der Waals surface area contributed by atoms with Crippen LogP contribution in [0.3, 0.4) is 0 Å². The molecule has 0 aliphatic heterocycles. The van der Waals surface area contributed by atoms with Crippen LogP contribution in [0.4, 0.5) is 19.0 Å². The summed E-state index contributed by atoms with van der Waals surface area (Å²) in [7, 11) is -3.06. The summed E-state index contributed by atoms with van der Waals surface area (Å²) in [5.74, 6) is 0.0845. The Morgan fingerprint density at radius 2 is 2.05 bits per heavy atom. The highest BCUT2D eigenvalue weighted by Crippen LogP contribution is 2.32. The van der Waals surface area contributed by atoms with E-state index in [9.17, 15) is 21.6 Å². The Balaban J connectivity index is 2.61. The fourth-order valence-electron chi connectivity index (χ4n) is 1.26. The maximum atomic E-state index is 12.4. The number of anilines is 1. The maximum Gasteiger partial charge on any atom is 0.417 e. The van der Waals surface area contributed by atoms with Crippen molar-refractivity contribution in [2.24, 2.45) is 0 Å². The third-order valence-corrected chi connectivity index (χ3v) is 3.47. The summed E-state index contributed by atoms with van der Waals surface area (Å²) in [5, 5.41) is 2.53. The molecular formula is C10H12ClF3N2O2S. The van der Waals surface area contributed by atoms with Crippen molar-refractivity contribution < 1.29 is 21.6 Å². The van der Waals surface area contributed by atoms with E-state index in [1.165, 1.54) is 0 Å². The number of rotatable bonds is 5. The first kappa shape index (κ1) is 16.0. The lowest BCUT2D eigenvalue weighted by molar-refractivity contribution is -0.137. The average molecular weight is 317 g/mol. The Bertz CT molecular complexity index is 546. The topological polar surface area (TPSA) is 59.1 Å². The number of sulfone groups is 1. The minimum Gasteiger partial charge on any atom is -0.369 e. The van der Waals surface area contributed by atoms with Gasteiger partial charge in [0, 0.05) is 19.0 Å². The van der Waals surface area contributed by atoms with Crippen LogP contribution in [0.5, 0.6) is 0 Å². The molecule has 19 heavy (non-hydrogen) atoms. The lowest BCUT2D eigenvalue weighted by atomic mass is 10.3. The SMILES string of the molecule is CS(=O)(=O)CCCNc1ncc(C(F)(F)F)cc1Cl. The standard InChI is InChI=1S/C10H12ClF3N2O2S/c1-19(17,18)4-2-3-15-9-8(11)5-7(6-16-9)10(12,13)14/h5-6H,2-4H2,1H3,(H,15,16). The fourth-order valence-corrected chi connectivity index (χ4v) is 2.17. The molecule has 0 amide bonds. The average Bonchev–Trinajstić information content (AvgIpc) is 2.23. The first-order chi connectivity index (χ1) is 8.59. The van der Waals surface area contributed by atoms with Gasteiger partial charge in [0.1, 0.15) is 15.7 Å². The van der Waals surface area contributed by atoms with Crippen molar-refractivity contribution in [2.75, 3.05) is 23.9 Å². The van der Waals surface area contributed by atoms with E-state index in [-0.39, 0.29) is 23.1 Å². The summed E-state index contributed by atoms with van der Waals surface area (Å²) < 4.78 is 58.8. The molecule has 0 fully saturated rings. The smallest absolute Gasteiger partial charge is 0.369 e. The molecule has 1 aromatic heterocycles. The Kier molecular flexibility index (Phi) is 5.03. The van der Waals surface area contributed by atoms with Gasteiger partial charge in [0.25, 0.3) is 0 Å². The largest absolute Gasteiger partial charge is 0.417 e. The summed E-state index contributed by atoms with van der Waals surface area (Å²) in [6, 6.07) is 0.771. The van der Waals surface area contributed by atoms with Crippen LogP contribution in [0.25, 0.3) is 0 Å². The molecule has 0 unspecified atom stereocenters. The molecule has 0 bridgehead atoms. The van der Waals surface area contributed by atoms with E-state index in [0.717, 1.165) is 12.3 Å². The molecule has 9 heteroatoms. The second-order valence-electron chi connectivity index (χ2n) is 3.96. The third-order valence-electron chi connectivity index (χ3n) is 2.15. The molecule has 4 nitrogen and oxygen atoms in total. The highest BCUT2D eigenvalue weighted by Gasteiger charge is 2.31. The monoisotopic (exact) mass is 316 g/mol. The zero-order chi connectivity index (χ0) is 14.7. The van der Waals surface area contributed by atoms with Crippen molar-refractivity contribution in [3.8, 4) is 0 Å². The molecule has 0 aliphatic carbocycles. The van der Waals surface area contributed by atoms with Crippen molar-refractivity contribution in [1.29, 1.82) is 0 Å². The normalized spacial score (nSPS) is 12.5. The van der Waals surface area contributed by atoms with E-state index in [4.69, 9.17) is 11.6 Å². The fraction of sp³-hybridized carbons (Fsp3) is 0.500. The van der Waals surface area contributed by atoms with Gasteiger partial charge in [0.2, 0.25) is 0 Å². The molecular weight excluding hydrogens is 305 g/mol. The van der Waals surface area contributed by atoms with E-state index >= 15 is 0 Å². The predicted molar refractivity (Wildman–Crippen MR) is 67.1 cm³/mol. The molecule has 0 saturated carbocycles. The lowest BCUT2D eigenvalue weighted by Gasteiger charge is -2.10. The minimum absolute atomic E-state index is 0.0156. The van der Waals surface area contributed by atoms with Crippen molar-refractivity contribution in [2.45, 2.75) is 12.6 Å². The summed E-state index contributed by atoms with van der Waals surface area (Å²) >= 11 is 5.66. The number of nitrogens with zero attached hydrogens (tertiary/aromatic N) is 1. The van der Waals surface area contributed by atoms with Crippen molar-refractivity contribution in [1.82, 2.24) is 4.98 Å². The zero-order valence-electron chi connectivity index (χ0n) is 9.96. The molecule has 0 spiro atoms. The van der Waals surface area contributed by atoms with E-state index in [2.05, 4.69) is 10.3 Å². The minimum atomic E-state index is -4.49. The van der Waals surface area contributed by atoms with Crippen LogP contribution in [-0.2, 0) is 16.0 Å². The van der Waals surface area contributed by atoms with Crippen LogP contribution in [0.15, 0.2) is 12.3 Å². The van der Waals surface area contributed by atoms with Crippen LogP contribution in [0.2, 0.25) is 5.02 Å². The molecule has 1 heterocycles. The van der Waals surface area contributed by atoms with Crippen LogP contribution >= 0.6 is 11.6 Å². The second-order valence-corrected chi connectivity index (χ2v) is 6.63. The summed E-state index contributed by atoms with van der Waals surface area (Å²) in [6.45, 7) is 0.255. The van der Waals surface area contributed by atoms with Crippen molar-refractivity contribution >= 4 is 27.3 Å². The number of hydrogen-bond donors (Lipinski definition) is 1. The second kappa shape index (κ2) is 5.96. The van der Waals surface area contributed by atoms with E-state index < -0.39 is 21.6 Å². The highest BCUT2D eigenvalue weighted by molar-refractivity contribution is 7.90. The van der Waals surface area contributed by atoms with Gasteiger partial charge in [0.15, 0.2) is 0 Å². The van der Waals surface area contributed by atoms with Gasteiger partial charge in [-0.3, -0.25) is 0 Å². The number of pyridine rings is 1. The van der Waals surface area contributed by atoms with Crippen LogP contribution in [0, 0.1) is 0 Å². The van der Waals surface area contributed by atoms with Gasteiger partial charge < -0.3 is 5.32 Å². The molecule has 1 rings (SSSR count). The summed E-state index contributed by atoms with van der Waals surface area (Å²) in [4.78, 5) is 3.57. The molecule has 1 aromatic rings. The lowest BCUT2D eigenvalue weighted by Crippen LogP contribution is -2.11. The Hall–Kier alpha value is -1.02. The van der Waals surface area contributed by atoms with Gasteiger partial charge in [0.05, 0.1) is 16.3 Å². The maximum absolute atomic E-state index is 12.4. The number of alkyl halides is 3. The van der Waals surface area contributed by atoms with Crippen molar-refractivity contribution in [3.63, 3.8) is 0 Å². The molecule has 0 radical (unpaired) electrons. The van der Waals surface area contributed by atoms with Crippen LogP contribution in [-0.4, -0.2) is 32.0 Å². The highest BCUT2D eigenvalue weighted by atomic mass is 35.5. The number of hydrogen-bond acceptors (Lipinski definition) is 4. The quantitative estimate of drug-likeness (QED) is 0.848. The molecule has 108 valence electrons. The molecule has 1 N–H and O–H groups in total. The molecule has 0 aromatic carbocycles. The summed E-state index contributed by atoms with van der Waals surface area (Å²) in [5.41, 5.74) is -0.931. The third kappa shape index (κ3) is 5.65. The van der Waals surface area contributed by atoms with E-state index in [1.54, 1.807) is 0 Å². The Labute approximate surface area is 113 Å². The predicted octanol–water partition coefficient (Wildman–Crippen LogP) is 2.60. The number of nitrogens with one attached hydrogen (secondary N) is 1.